The zero-order chi connectivity index (χ0) is 24.8. The predicted molar refractivity (Wildman–Crippen MR) is 126 cm³/mol. The van der Waals surface area contributed by atoms with Crippen LogP contribution in [-0.2, 0) is 11.2 Å². The monoisotopic (exact) mass is 461 g/mol. The van der Waals surface area contributed by atoms with E-state index in [1.165, 1.54) is 12.1 Å². The van der Waals surface area contributed by atoms with Crippen molar-refractivity contribution in [3.8, 4) is 0 Å². The fourth-order valence-electron chi connectivity index (χ4n) is 3.91. The van der Waals surface area contributed by atoms with Crippen LogP contribution in [0.1, 0.15) is 37.8 Å². The fraction of sp³-hybridized carbons (Fsp3) is 0.360. The second-order valence-corrected chi connectivity index (χ2v) is 8.10. The largest absolute Gasteiger partial charge is 0.400 e. The maximum Gasteiger partial charge on any atom is 0.261 e. The van der Waals surface area contributed by atoms with Gasteiger partial charge in [-0.2, -0.15) is 0 Å². The van der Waals surface area contributed by atoms with Gasteiger partial charge in [-0.3, -0.25) is 9.78 Å². The number of aliphatic hydroxyl groups is 1. The predicted octanol–water partition coefficient (Wildman–Crippen LogP) is 5.41. The Bertz CT molecular complexity index is 1070. The quantitative estimate of drug-likeness (QED) is 0.444. The highest BCUT2D eigenvalue weighted by Gasteiger charge is 2.75. The van der Waals surface area contributed by atoms with Crippen LogP contribution in [-0.4, -0.2) is 36.6 Å². The molecule has 0 spiro atoms. The lowest BCUT2D eigenvalue weighted by Crippen LogP contribution is -1.99. The molecule has 1 unspecified atom stereocenters. The molecule has 1 aliphatic carbocycles. The van der Waals surface area contributed by atoms with E-state index in [4.69, 9.17) is 9.90 Å². The first-order valence-corrected chi connectivity index (χ1v) is 10.5. The summed E-state index contributed by atoms with van der Waals surface area (Å²) < 4.78 is 41.5. The normalized spacial score (nSPS) is 17.1. The highest BCUT2D eigenvalue weighted by molar-refractivity contribution is 5.87. The van der Waals surface area contributed by atoms with Crippen LogP contribution in [0.3, 0.4) is 0 Å². The van der Waals surface area contributed by atoms with E-state index in [9.17, 15) is 13.2 Å². The summed E-state index contributed by atoms with van der Waals surface area (Å²) in [6, 6.07) is 11.7. The van der Waals surface area contributed by atoms with Gasteiger partial charge in [-0.25, -0.2) is 13.2 Å². The van der Waals surface area contributed by atoms with Crippen LogP contribution in [0.5, 0.6) is 0 Å². The minimum Gasteiger partial charge on any atom is -0.400 e. The third-order valence-corrected chi connectivity index (χ3v) is 5.80. The molecule has 178 valence electrons. The van der Waals surface area contributed by atoms with Crippen LogP contribution in [0.2, 0.25) is 0 Å². The van der Waals surface area contributed by atoms with Crippen molar-refractivity contribution in [2.24, 2.45) is 5.41 Å². The summed E-state index contributed by atoms with van der Waals surface area (Å²) in [5.41, 5.74) is 2.94. The zero-order valence-corrected chi connectivity index (χ0v) is 19.4. The molecule has 1 amide bonds. The van der Waals surface area contributed by atoms with Gasteiger partial charge in [0.1, 0.15) is 5.82 Å². The number of carbonyl (C=O) groups excluding carboxylic acids is 1. The highest BCUT2D eigenvalue weighted by Crippen LogP contribution is 2.70. The van der Waals surface area contributed by atoms with Gasteiger partial charge in [-0.1, -0.05) is 32.9 Å². The number of rotatable bonds is 5. The van der Waals surface area contributed by atoms with Gasteiger partial charge in [0.2, 0.25) is 6.41 Å². The topological polar surface area (TPSA) is 74.2 Å². The molecule has 8 heteroatoms. The number of aliphatic hydroxyl groups excluding tert-OH is 1. The maximum atomic E-state index is 13.9. The molecule has 0 saturated heterocycles. The van der Waals surface area contributed by atoms with E-state index >= 15 is 0 Å². The molecule has 2 aromatic carbocycles. The number of nitrogens with zero attached hydrogens (tertiary/aromatic N) is 1. The number of nitrogens with one attached hydrogen (secondary N) is 2. The Morgan fingerprint density at radius 2 is 1.70 bits per heavy atom. The number of halogens is 3. The molecular weight excluding hydrogens is 431 g/mol. The van der Waals surface area contributed by atoms with Gasteiger partial charge in [-0.15, -0.1) is 0 Å². The fourth-order valence-corrected chi connectivity index (χ4v) is 3.91. The van der Waals surface area contributed by atoms with E-state index < -0.39 is 17.3 Å². The van der Waals surface area contributed by atoms with Gasteiger partial charge >= 0.3 is 0 Å². The summed E-state index contributed by atoms with van der Waals surface area (Å²) in [7, 11) is 2.56. The van der Waals surface area contributed by atoms with E-state index in [1.807, 2.05) is 6.92 Å². The number of fused-ring (bicyclic) bond motifs is 1. The molecule has 0 bridgehead atoms. The summed E-state index contributed by atoms with van der Waals surface area (Å²) in [5.74, 6) is -3.70. The number of hydrogen-bond donors (Lipinski definition) is 3. The van der Waals surface area contributed by atoms with Crippen molar-refractivity contribution >= 4 is 28.7 Å². The maximum absolute atomic E-state index is 13.9. The molecule has 1 aromatic heterocycles. The van der Waals surface area contributed by atoms with Crippen molar-refractivity contribution in [3.63, 3.8) is 0 Å². The number of aryl methyl sites for hydroxylation is 1. The SMILES string of the molecule is CCc1c(Nc2ccc(C3C(C)(C)C3(F)F)cc2)cnc2ccc(F)cc12.CNC=O.CO. The van der Waals surface area contributed by atoms with Crippen LogP contribution in [0.25, 0.3) is 10.9 Å². The van der Waals surface area contributed by atoms with Crippen molar-refractivity contribution in [1.29, 1.82) is 0 Å². The standard InChI is InChI=1S/C22H21F3N2.C2H5NO.CH4O/c1-4-16-17-11-14(23)7-10-18(17)26-12-19(16)27-15-8-5-13(6-9-15)20-21(2,3)22(20,24)25;1-3-2-4;1-2/h5-12,20,27H,4H2,1-3H3;2H,1H3,(H,3,4);2H,1H3. The lowest BCUT2D eigenvalue weighted by atomic mass is 10.0. The van der Waals surface area contributed by atoms with Gasteiger partial charge in [0.25, 0.3) is 5.92 Å². The minimum absolute atomic E-state index is 0.298. The number of pyridine rings is 1. The molecule has 3 N–H and O–H groups in total. The third-order valence-electron chi connectivity index (χ3n) is 5.80. The lowest BCUT2D eigenvalue weighted by molar-refractivity contribution is -0.109. The van der Waals surface area contributed by atoms with Crippen molar-refractivity contribution in [2.45, 2.75) is 39.0 Å². The Labute approximate surface area is 192 Å². The molecule has 1 saturated carbocycles. The molecule has 1 heterocycles. The van der Waals surface area contributed by atoms with Gasteiger partial charge in [0.15, 0.2) is 0 Å². The lowest BCUT2D eigenvalue weighted by Gasteiger charge is -2.14. The van der Waals surface area contributed by atoms with E-state index in [1.54, 1.807) is 57.4 Å². The number of hydrogen-bond acceptors (Lipinski definition) is 4. The number of anilines is 2. The average molecular weight is 462 g/mol. The van der Waals surface area contributed by atoms with Crippen molar-refractivity contribution in [1.82, 2.24) is 10.3 Å². The molecule has 0 radical (unpaired) electrons. The van der Waals surface area contributed by atoms with Crippen LogP contribution in [0, 0.1) is 11.2 Å². The smallest absolute Gasteiger partial charge is 0.261 e. The van der Waals surface area contributed by atoms with E-state index in [0.29, 0.717) is 18.4 Å². The van der Waals surface area contributed by atoms with Crippen molar-refractivity contribution < 1.29 is 23.1 Å². The molecular formula is C25H30F3N3O2. The first-order valence-electron chi connectivity index (χ1n) is 10.5. The van der Waals surface area contributed by atoms with E-state index in [-0.39, 0.29) is 5.82 Å². The number of aromatic nitrogens is 1. The zero-order valence-electron chi connectivity index (χ0n) is 19.4. The average Bonchev–Trinajstić information content (AvgIpc) is 3.23. The summed E-state index contributed by atoms with van der Waals surface area (Å²) in [6.07, 6.45) is 3.07. The van der Waals surface area contributed by atoms with E-state index in [0.717, 1.165) is 35.0 Å². The molecule has 0 aliphatic heterocycles. The van der Waals surface area contributed by atoms with Crippen molar-refractivity contribution in [3.05, 3.63) is 65.6 Å². The van der Waals surface area contributed by atoms with Gasteiger partial charge < -0.3 is 15.7 Å². The summed E-state index contributed by atoms with van der Waals surface area (Å²) in [6.45, 7) is 5.19. The second-order valence-electron chi connectivity index (χ2n) is 8.10. The Kier molecular flexibility index (Phi) is 8.44. The molecule has 1 atom stereocenters. The third kappa shape index (κ3) is 5.27. The van der Waals surface area contributed by atoms with Crippen LogP contribution >= 0.6 is 0 Å². The molecule has 33 heavy (non-hydrogen) atoms. The Hall–Kier alpha value is -3.13. The van der Waals surface area contributed by atoms with Crippen LogP contribution in [0.4, 0.5) is 24.5 Å². The summed E-state index contributed by atoms with van der Waals surface area (Å²) >= 11 is 0. The second kappa shape index (κ2) is 10.7. The Morgan fingerprint density at radius 3 is 2.18 bits per heavy atom. The summed E-state index contributed by atoms with van der Waals surface area (Å²) in [4.78, 5) is 13.5. The summed E-state index contributed by atoms with van der Waals surface area (Å²) in [5, 5.41) is 13.3. The first kappa shape index (κ1) is 26.1. The first-order chi connectivity index (χ1) is 15.7. The molecule has 1 aliphatic rings. The number of carbonyl (C=O) groups is 1. The number of alkyl halides is 2. The van der Waals surface area contributed by atoms with Gasteiger partial charge in [-0.05, 0) is 47.9 Å². The van der Waals surface area contributed by atoms with Crippen LogP contribution < -0.4 is 10.6 Å². The molecule has 5 nitrogen and oxygen atoms in total. The van der Waals surface area contributed by atoms with Crippen molar-refractivity contribution in [2.75, 3.05) is 19.5 Å². The number of benzene rings is 2. The van der Waals surface area contributed by atoms with Gasteiger partial charge in [0, 0.05) is 30.6 Å². The van der Waals surface area contributed by atoms with E-state index in [2.05, 4.69) is 15.6 Å². The highest BCUT2D eigenvalue weighted by atomic mass is 19.3. The Morgan fingerprint density at radius 1 is 1.12 bits per heavy atom. The Balaban J connectivity index is 0.000000582. The molecule has 1 fully saturated rings. The molecule has 3 aromatic rings. The van der Waals surface area contributed by atoms with Crippen LogP contribution in [0.15, 0.2) is 48.7 Å². The minimum atomic E-state index is -2.66. The molecule has 4 rings (SSSR count). The number of amides is 1. The van der Waals surface area contributed by atoms with Gasteiger partial charge in [0.05, 0.1) is 23.3 Å².